The van der Waals surface area contributed by atoms with Crippen LogP contribution in [0.15, 0.2) is 85.1 Å². The molecule has 5 N–H and O–H groups in total. The number of hydrogen-bond acceptors (Lipinski definition) is 9. The lowest BCUT2D eigenvalue weighted by molar-refractivity contribution is -0.384. The van der Waals surface area contributed by atoms with E-state index < -0.39 is 4.92 Å². The number of pyridine rings is 1. The molecule has 0 saturated heterocycles. The van der Waals surface area contributed by atoms with Gasteiger partial charge in [-0.1, -0.05) is 0 Å². The van der Waals surface area contributed by atoms with Crippen LogP contribution in [-0.2, 0) is 0 Å². The molecule has 0 spiro atoms. The number of hydrogen-bond donors (Lipinski definition) is 4. The number of benzene rings is 3. The average Bonchev–Trinajstić information content (AvgIpc) is 2.89. The van der Waals surface area contributed by atoms with E-state index in [1.807, 2.05) is 19.1 Å². The van der Waals surface area contributed by atoms with Crippen LogP contribution in [0.2, 0.25) is 0 Å². The molecule has 3 aromatic carbocycles. The molecule has 0 saturated carbocycles. The largest absolute Gasteiger partial charge is 0.368 e. The maximum Gasteiger partial charge on any atom is 0.270 e. The highest BCUT2D eigenvalue weighted by molar-refractivity contribution is 6.04. The van der Waals surface area contributed by atoms with Crippen molar-refractivity contribution in [2.75, 3.05) is 21.7 Å². The van der Waals surface area contributed by atoms with E-state index in [4.69, 9.17) is 5.73 Å². The smallest absolute Gasteiger partial charge is 0.270 e. The summed E-state index contributed by atoms with van der Waals surface area (Å²) in [4.78, 5) is 35.9. The molecule has 1 amide bonds. The quantitative estimate of drug-likeness (QED) is 0.163. The first-order valence-electron chi connectivity index (χ1n) is 11.5. The summed E-state index contributed by atoms with van der Waals surface area (Å²) in [6.07, 6.45) is 1.63. The molecule has 11 nitrogen and oxygen atoms in total. The lowest BCUT2D eigenvalue weighted by Gasteiger charge is -2.11. The summed E-state index contributed by atoms with van der Waals surface area (Å²) in [5.74, 6) is 0.494. The third-order valence-corrected chi connectivity index (χ3v) is 5.65. The van der Waals surface area contributed by atoms with Crippen molar-refractivity contribution in [1.82, 2.24) is 15.0 Å². The van der Waals surface area contributed by atoms with Gasteiger partial charge in [0.2, 0.25) is 5.95 Å². The minimum Gasteiger partial charge on any atom is -0.368 e. The summed E-state index contributed by atoms with van der Waals surface area (Å²) in [5, 5.41) is 21.1. The van der Waals surface area contributed by atoms with Gasteiger partial charge in [-0.2, -0.15) is 4.98 Å². The number of anilines is 6. The Kier molecular flexibility index (Phi) is 6.47. The van der Waals surface area contributed by atoms with Crippen LogP contribution in [0.5, 0.6) is 0 Å². The van der Waals surface area contributed by atoms with Gasteiger partial charge in [-0.3, -0.25) is 19.9 Å². The number of nitro benzene ring substituents is 1. The van der Waals surface area contributed by atoms with Gasteiger partial charge in [0, 0.05) is 63.8 Å². The number of nitrogen functional groups attached to an aromatic ring is 1. The number of non-ortho nitro benzene ring substituents is 1. The van der Waals surface area contributed by atoms with Crippen molar-refractivity contribution in [2.24, 2.45) is 0 Å². The second-order valence-electron chi connectivity index (χ2n) is 8.43. The van der Waals surface area contributed by atoms with Crippen LogP contribution >= 0.6 is 0 Å². The maximum absolute atomic E-state index is 12.7. The van der Waals surface area contributed by atoms with Crippen LogP contribution < -0.4 is 21.7 Å². The van der Waals surface area contributed by atoms with E-state index in [-0.39, 0.29) is 17.5 Å². The number of nitrogens with zero attached hydrogens (tertiary/aromatic N) is 4. The number of rotatable bonds is 7. The molecule has 0 aliphatic heterocycles. The van der Waals surface area contributed by atoms with Gasteiger partial charge in [0.25, 0.3) is 11.6 Å². The van der Waals surface area contributed by atoms with E-state index in [1.165, 1.54) is 12.1 Å². The SMILES string of the molecule is Cc1cc(Nc2ccc(C(=O)Nc3ccc(Nc4ccnc5ccc([N+](=O)[O-])cc45)cc3)cc2)nc(N)n1. The predicted molar refractivity (Wildman–Crippen MR) is 147 cm³/mol. The summed E-state index contributed by atoms with van der Waals surface area (Å²) in [7, 11) is 0. The Hall–Kier alpha value is -5.58. The fourth-order valence-electron chi connectivity index (χ4n) is 3.86. The fraction of sp³-hybridized carbons (Fsp3) is 0.0370. The lowest BCUT2D eigenvalue weighted by Crippen LogP contribution is -2.11. The zero-order valence-corrected chi connectivity index (χ0v) is 20.2. The average molecular weight is 507 g/mol. The van der Waals surface area contributed by atoms with Crippen LogP contribution in [0.4, 0.5) is 40.2 Å². The monoisotopic (exact) mass is 506 g/mol. The Morgan fingerprint density at radius 2 is 1.55 bits per heavy atom. The van der Waals surface area contributed by atoms with Crippen molar-refractivity contribution in [3.63, 3.8) is 0 Å². The molecule has 2 heterocycles. The van der Waals surface area contributed by atoms with Gasteiger partial charge in [0.1, 0.15) is 5.82 Å². The Bertz CT molecular complexity index is 1630. The normalized spacial score (nSPS) is 10.7. The molecule has 0 aliphatic carbocycles. The molecule has 0 aliphatic rings. The highest BCUT2D eigenvalue weighted by atomic mass is 16.6. The molecule has 0 unspecified atom stereocenters. The number of fused-ring (bicyclic) bond motifs is 1. The molecule has 38 heavy (non-hydrogen) atoms. The Morgan fingerprint density at radius 1 is 0.868 bits per heavy atom. The number of nitrogens with two attached hydrogens (primary N) is 1. The van der Waals surface area contributed by atoms with Gasteiger partial charge in [-0.05, 0) is 67.6 Å². The number of carbonyl (C=O) groups is 1. The van der Waals surface area contributed by atoms with Crippen molar-refractivity contribution in [1.29, 1.82) is 0 Å². The number of nitro groups is 1. The molecule has 0 atom stereocenters. The molecule has 0 fully saturated rings. The van der Waals surface area contributed by atoms with Crippen molar-refractivity contribution in [2.45, 2.75) is 6.92 Å². The zero-order valence-electron chi connectivity index (χ0n) is 20.2. The van der Waals surface area contributed by atoms with Crippen molar-refractivity contribution < 1.29 is 9.72 Å². The number of carbonyl (C=O) groups excluding carboxylic acids is 1. The highest BCUT2D eigenvalue weighted by Crippen LogP contribution is 2.29. The van der Waals surface area contributed by atoms with Crippen LogP contribution in [0.3, 0.4) is 0 Å². The third-order valence-electron chi connectivity index (χ3n) is 5.65. The van der Waals surface area contributed by atoms with E-state index >= 15 is 0 Å². The molecule has 0 radical (unpaired) electrons. The Morgan fingerprint density at radius 3 is 2.26 bits per heavy atom. The fourth-order valence-corrected chi connectivity index (χ4v) is 3.86. The van der Waals surface area contributed by atoms with Crippen molar-refractivity contribution in [3.8, 4) is 0 Å². The molecule has 5 aromatic rings. The van der Waals surface area contributed by atoms with Crippen LogP contribution in [0.1, 0.15) is 16.1 Å². The third kappa shape index (κ3) is 5.46. The second-order valence-corrected chi connectivity index (χ2v) is 8.43. The van der Waals surface area contributed by atoms with Gasteiger partial charge in [0.05, 0.1) is 10.4 Å². The molecule has 0 bridgehead atoms. The van der Waals surface area contributed by atoms with Crippen LogP contribution in [0, 0.1) is 17.0 Å². The van der Waals surface area contributed by atoms with Gasteiger partial charge in [-0.25, -0.2) is 4.98 Å². The first-order valence-corrected chi connectivity index (χ1v) is 11.5. The van der Waals surface area contributed by atoms with Gasteiger partial charge in [-0.15, -0.1) is 0 Å². The second kappa shape index (κ2) is 10.2. The van der Waals surface area contributed by atoms with Gasteiger partial charge >= 0.3 is 0 Å². The molecular weight excluding hydrogens is 484 g/mol. The predicted octanol–water partition coefficient (Wildman–Crippen LogP) is 5.56. The first kappa shape index (κ1) is 24.1. The highest BCUT2D eigenvalue weighted by Gasteiger charge is 2.11. The topological polar surface area (TPSA) is 161 Å². The first-order chi connectivity index (χ1) is 18.3. The van der Waals surface area contributed by atoms with Crippen molar-refractivity contribution >= 4 is 57.0 Å². The molecule has 2 aromatic heterocycles. The van der Waals surface area contributed by atoms with Gasteiger partial charge < -0.3 is 21.7 Å². The minimum atomic E-state index is -0.437. The van der Waals surface area contributed by atoms with Gasteiger partial charge in [0.15, 0.2) is 0 Å². The summed E-state index contributed by atoms with van der Waals surface area (Å²) in [6, 6.07) is 22.2. The van der Waals surface area contributed by atoms with Crippen LogP contribution in [0.25, 0.3) is 10.9 Å². The number of amides is 1. The summed E-state index contributed by atoms with van der Waals surface area (Å²) < 4.78 is 0. The summed E-state index contributed by atoms with van der Waals surface area (Å²) in [5.41, 5.74) is 10.4. The van der Waals surface area contributed by atoms with E-state index in [0.29, 0.717) is 33.7 Å². The van der Waals surface area contributed by atoms with E-state index in [9.17, 15) is 14.9 Å². The van der Waals surface area contributed by atoms with E-state index in [2.05, 4.69) is 30.9 Å². The van der Waals surface area contributed by atoms with E-state index in [0.717, 1.165) is 17.1 Å². The number of aryl methyl sites for hydroxylation is 1. The zero-order chi connectivity index (χ0) is 26.6. The number of nitrogens with one attached hydrogen (secondary N) is 3. The van der Waals surface area contributed by atoms with Crippen LogP contribution in [-0.4, -0.2) is 25.8 Å². The summed E-state index contributed by atoms with van der Waals surface area (Å²) in [6.45, 7) is 1.83. The summed E-state index contributed by atoms with van der Waals surface area (Å²) >= 11 is 0. The van der Waals surface area contributed by atoms with Crippen molar-refractivity contribution in [3.05, 3.63) is 106 Å². The minimum absolute atomic E-state index is 0.00995. The lowest BCUT2D eigenvalue weighted by atomic mass is 10.1. The molecule has 11 heteroatoms. The molecule has 188 valence electrons. The Labute approximate surface area is 216 Å². The molecule has 5 rings (SSSR count). The standard InChI is InChI=1S/C27H22N8O3/c1-16-14-25(34-27(28)30-16)32-19-4-2-17(3-5-19)26(36)33-20-8-6-18(7-9-20)31-24-12-13-29-23-11-10-21(35(37)38)15-22(23)24/h2-15H,1H3,(H,29,31)(H,33,36)(H3,28,30,32,34). The van der Waals surface area contributed by atoms with E-state index in [1.54, 1.807) is 60.8 Å². The number of aromatic nitrogens is 3. The molecular formula is C27H22N8O3. The Balaban J connectivity index is 1.24. The maximum atomic E-state index is 12.7.